The van der Waals surface area contributed by atoms with Crippen molar-refractivity contribution < 1.29 is 13.2 Å². The Labute approximate surface area is 151 Å². The first-order chi connectivity index (χ1) is 11.9. The molecule has 0 heterocycles. The highest BCUT2D eigenvalue weighted by Crippen LogP contribution is 2.27. The highest BCUT2D eigenvalue weighted by atomic mass is 32.2. The van der Waals surface area contributed by atoms with Gasteiger partial charge in [0.15, 0.2) is 0 Å². The van der Waals surface area contributed by atoms with Gasteiger partial charge in [-0.25, -0.2) is 8.42 Å². The molecule has 1 amide bonds. The Morgan fingerprint density at radius 1 is 1.16 bits per heavy atom. The van der Waals surface area contributed by atoms with E-state index in [9.17, 15) is 13.2 Å². The van der Waals surface area contributed by atoms with Crippen LogP contribution in [0.5, 0.6) is 0 Å². The van der Waals surface area contributed by atoms with E-state index in [0.717, 1.165) is 19.4 Å². The molecule has 0 atom stereocenters. The summed E-state index contributed by atoms with van der Waals surface area (Å²) in [7, 11) is -3.58. The summed E-state index contributed by atoms with van der Waals surface area (Å²) in [6.45, 7) is 7.46. The lowest BCUT2D eigenvalue weighted by Crippen LogP contribution is -2.30. The lowest BCUT2D eigenvalue weighted by Gasteiger charge is -2.20. The van der Waals surface area contributed by atoms with E-state index in [1.807, 2.05) is 0 Å². The minimum atomic E-state index is -3.58. The number of benzene rings is 1. The summed E-state index contributed by atoms with van der Waals surface area (Å²) in [6.07, 6.45) is 2.20. The quantitative estimate of drug-likeness (QED) is 0.518. The van der Waals surface area contributed by atoms with Crippen molar-refractivity contribution in [2.75, 3.05) is 36.8 Å². The van der Waals surface area contributed by atoms with Crippen LogP contribution in [-0.2, 0) is 14.8 Å². The van der Waals surface area contributed by atoms with Crippen molar-refractivity contribution in [3.8, 4) is 0 Å². The number of hydrogen-bond donors (Lipinski definition) is 3. The molecule has 0 saturated carbocycles. The van der Waals surface area contributed by atoms with Crippen molar-refractivity contribution in [1.29, 1.82) is 0 Å². The molecule has 8 heteroatoms. The first-order valence-electron chi connectivity index (χ1n) is 8.78. The molecule has 25 heavy (non-hydrogen) atoms. The number of sulfonamides is 1. The van der Waals surface area contributed by atoms with Crippen molar-refractivity contribution in [2.24, 2.45) is 5.73 Å². The van der Waals surface area contributed by atoms with Crippen LogP contribution in [0.2, 0.25) is 0 Å². The molecule has 0 aromatic heterocycles. The van der Waals surface area contributed by atoms with E-state index >= 15 is 0 Å². The molecule has 0 aliphatic carbocycles. The van der Waals surface area contributed by atoms with Crippen molar-refractivity contribution in [1.82, 2.24) is 4.31 Å². The Morgan fingerprint density at radius 2 is 1.84 bits per heavy atom. The van der Waals surface area contributed by atoms with Gasteiger partial charge in [-0.05, 0) is 24.6 Å². The average Bonchev–Trinajstić information content (AvgIpc) is 2.57. The summed E-state index contributed by atoms with van der Waals surface area (Å²) in [5.74, 6) is -0.238. The van der Waals surface area contributed by atoms with Crippen molar-refractivity contribution >= 4 is 27.3 Å². The van der Waals surface area contributed by atoms with Crippen LogP contribution < -0.4 is 16.4 Å². The van der Waals surface area contributed by atoms with Gasteiger partial charge in [0.2, 0.25) is 15.9 Å². The highest BCUT2D eigenvalue weighted by molar-refractivity contribution is 7.89. The number of rotatable bonds is 11. The summed E-state index contributed by atoms with van der Waals surface area (Å²) >= 11 is 0. The third kappa shape index (κ3) is 5.98. The van der Waals surface area contributed by atoms with Gasteiger partial charge in [-0.1, -0.05) is 27.2 Å². The first kappa shape index (κ1) is 21.4. The van der Waals surface area contributed by atoms with Gasteiger partial charge in [0.05, 0.1) is 16.3 Å². The Bertz CT molecular complexity index is 658. The number of nitrogens with one attached hydrogen (secondary N) is 2. The summed E-state index contributed by atoms with van der Waals surface area (Å²) in [5, 5.41) is 6.00. The highest BCUT2D eigenvalue weighted by Gasteiger charge is 2.23. The van der Waals surface area contributed by atoms with Gasteiger partial charge in [-0.3, -0.25) is 4.79 Å². The molecule has 7 nitrogen and oxygen atoms in total. The second-order valence-corrected chi connectivity index (χ2v) is 7.60. The summed E-state index contributed by atoms with van der Waals surface area (Å²) < 4.78 is 26.8. The van der Waals surface area contributed by atoms with Crippen LogP contribution in [0.3, 0.4) is 0 Å². The Hall–Kier alpha value is -1.64. The van der Waals surface area contributed by atoms with Crippen molar-refractivity contribution in [3.05, 3.63) is 18.2 Å². The second kappa shape index (κ2) is 10.4. The van der Waals surface area contributed by atoms with Crippen LogP contribution in [0, 0.1) is 0 Å². The number of carbonyl (C=O) groups excluding carboxylic acids is 1. The second-order valence-electron chi connectivity index (χ2n) is 5.66. The molecular weight excluding hydrogens is 340 g/mol. The maximum atomic E-state index is 12.7. The van der Waals surface area contributed by atoms with Crippen LogP contribution in [0.25, 0.3) is 0 Å². The zero-order valence-electron chi connectivity index (χ0n) is 15.3. The Morgan fingerprint density at radius 3 is 2.40 bits per heavy atom. The first-order valence-corrected chi connectivity index (χ1v) is 10.2. The van der Waals surface area contributed by atoms with Gasteiger partial charge in [-0.2, -0.15) is 4.31 Å². The average molecular weight is 371 g/mol. The molecule has 1 aromatic carbocycles. The molecule has 1 aromatic rings. The fraction of sp³-hybridized carbons (Fsp3) is 0.588. The maximum absolute atomic E-state index is 12.7. The molecule has 142 valence electrons. The molecule has 0 unspecified atom stereocenters. The number of anilines is 2. The van der Waals surface area contributed by atoms with Gasteiger partial charge in [0.1, 0.15) is 0 Å². The van der Waals surface area contributed by atoms with E-state index in [1.165, 1.54) is 10.4 Å². The van der Waals surface area contributed by atoms with E-state index in [1.54, 1.807) is 26.0 Å². The van der Waals surface area contributed by atoms with Gasteiger partial charge in [-0.15, -0.1) is 0 Å². The third-order valence-electron chi connectivity index (χ3n) is 3.83. The number of hydrogen-bond acceptors (Lipinski definition) is 5. The Balaban J connectivity index is 3.19. The van der Waals surface area contributed by atoms with Crippen LogP contribution >= 0.6 is 0 Å². The van der Waals surface area contributed by atoms with Gasteiger partial charge in [0.25, 0.3) is 0 Å². The fourth-order valence-corrected chi connectivity index (χ4v) is 3.88. The lowest BCUT2D eigenvalue weighted by atomic mass is 10.2. The monoisotopic (exact) mass is 370 g/mol. The topological polar surface area (TPSA) is 105 Å². The summed E-state index contributed by atoms with van der Waals surface area (Å²) in [6, 6.07) is 4.78. The largest absolute Gasteiger partial charge is 0.383 e. The van der Waals surface area contributed by atoms with Gasteiger partial charge in [0, 0.05) is 32.6 Å². The maximum Gasteiger partial charge on any atom is 0.243 e. The van der Waals surface area contributed by atoms with E-state index in [0.29, 0.717) is 24.5 Å². The third-order valence-corrected chi connectivity index (χ3v) is 5.87. The number of unbranched alkanes of at least 4 members (excludes halogenated alkanes) is 1. The number of nitrogens with two attached hydrogens (primary N) is 1. The van der Waals surface area contributed by atoms with Gasteiger partial charge >= 0.3 is 0 Å². The summed E-state index contributed by atoms with van der Waals surface area (Å²) in [5.41, 5.74) is 6.58. The normalized spacial score (nSPS) is 11.6. The molecule has 4 N–H and O–H groups in total. The van der Waals surface area contributed by atoms with E-state index in [2.05, 4.69) is 17.6 Å². The van der Waals surface area contributed by atoms with Crippen molar-refractivity contribution in [2.45, 2.75) is 44.9 Å². The standard InChI is InChI=1S/C17H30N4O3S/c1-4-7-12-19-15-9-8-14(25(23,24)21(5-2)6-3)13-16(15)20-17(22)10-11-18/h8-9,13,19H,4-7,10-12,18H2,1-3H3,(H,20,22). The zero-order chi connectivity index (χ0) is 18.9. The van der Waals surface area contributed by atoms with Crippen LogP contribution in [0.15, 0.2) is 23.1 Å². The van der Waals surface area contributed by atoms with Crippen LogP contribution in [0.4, 0.5) is 11.4 Å². The molecule has 0 radical (unpaired) electrons. The molecule has 0 aliphatic heterocycles. The van der Waals surface area contributed by atoms with Crippen molar-refractivity contribution in [3.63, 3.8) is 0 Å². The molecule has 0 bridgehead atoms. The SMILES string of the molecule is CCCCNc1ccc(S(=O)(=O)N(CC)CC)cc1NC(=O)CCN. The predicted octanol–water partition coefficient (Wildman–Crippen LogP) is 2.22. The molecular formula is C17H30N4O3S. The molecule has 0 aliphatic rings. The van der Waals surface area contributed by atoms with Crippen LogP contribution in [-0.4, -0.2) is 44.8 Å². The van der Waals surface area contributed by atoms with E-state index in [4.69, 9.17) is 5.73 Å². The number of amides is 1. The fourth-order valence-electron chi connectivity index (χ4n) is 2.40. The van der Waals surface area contributed by atoms with E-state index in [-0.39, 0.29) is 23.8 Å². The summed E-state index contributed by atoms with van der Waals surface area (Å²) in [4.78, 5) is 12.1. The molecule has 0 saturated heterocycles. The molecule has 0 spiro atoms. The molecule has 0 fully saturated rings. The lowest BCUT2D eigenvalue weighted by molar-refractivity contribution is -0.116. The minimum absolute atomic E-state index is 0.167. The smallest absolute Gasteiger partial charge is 0.243 e. The van der Waals surface area contributed by atoms with E-state index < -0.39 is 10.0 Å². The molecule has 1 rings (SSSR count). The Kier molecular flexibility index (Phi) is 8.88. The van der Waals surface area contributed by atoms with Gasteiger partial charge < -0.3 is 16.4 Å². The minimum Gasteiger partial charge on any atom is -0.383 e. The number of carbonyl (C=O) groups is 1. The zero-order valence-corrected chi connectivity index (χ0v) is 16.2. The predicted molar refractivity (Wildman–Crippen MR) is 102 cm³/mol. The van der Waals surface area contributed by atoms with Crippen LogP contribution in [0.1, 0.15) is 40.0 Å². The number of nitrogens with zero attached hydrogens (tertiary/aromatic N) is 1.